The van der Waals surface area contributed by atoms with Gasteiger partial charge in [-0.2, -0.15) is 13.5 Å². The molecule has 2 N–H and O–H groups in total. The van der Waals surface area contributed by atoms with Crippen LogP contribution in [0, 0.1) is 0 Å². The molecule has 10 heteroatoms. The minimum atomic E-state index is -3.75. The molecule has 1 heterocycles. The highest BCUT2D eigenvalue weighted by Gasteiger charge is 2.13. The van der Waals surface area contributed by atoms with Crippen LogP contribution < -0.4 is 10.1 Å². The number of aromatic nitrogens is 1. The summed E-state index contributed by atoms with van der Waals surface area (Å²) in [5.74, 6) is 0. The summed E-state index contributed by atoms with van der Waals surface area (Å²) >= 11 is 10.6. The molecule has 0 bridgehead atoms. The highest BCUT2D eigenvalue weighted by molar-refractivity contribution is 9.10. The molecule has 0 saturated carbocycles. The number of sulfonamides is 1. The summed E-state index contributed by atoms with van der Waals surface area (Å²) in [5, 5.41) is 7.72. The molecule has 0 aliphatic carbocycles. The number of nitrogens with one attached hydrogen (secondary N) is 2. The fraction of sp³-hybridized carbons (Fsp3) is 0. The molecule has 0 spiro atoms. The van der Waals surface area contributed by atoms with E-state index in [1.807, 2.05) is 30.3 Å². The van der Waals surface area contributed by atoms with Crippen molar-refractivity contribution in [2.75, 3.05) is 5.32 Å². The molecule has 0 amide bonds. The van der Waals surface area contributed by atoms with Crippen LogP contribution in [-0.2, 0) is 10.0 Å². The molecule has 26 heavy (non-hydrogen) atoms. The number of rotatable bonds is 6. The molecule has 6 nitrogen and oxygen atoms in total. The van der Waals surface area contributed by atoms with Gasteiger partial charge in [-0.3, -0.25) is 0 Å². The maximum atomic E-state index is 12.2. The number of para-hydroxylation sites is 1. The first-order valence-electron chi connectivity index (χ1n) is 7.23. The van der Waals surface area contributed by atoms with E-state index < -0.39 is 10.0 Å². The van der Waals surface area contributed by atoms with Gasteiger partial charge in [-0.1, -0.05) is 57.1 Å². The van der Waals surface area contributed by atoms with Crippen molar-refractivity contribution in [1.29, 1.82) is 0 Å². The Morgan fingerprint density at radius 3 is 2.50 bits per heavy atom. The second-order valence-corrected chi connectivity index (χ2v) is 8.94. The molecule has 2 aromatic carbocycles. The lowest BCUT2D eigenvalue weighted by molar-refractivity contribution is 0.584. The fourth-order valence-corrected chi connectivity index (χ4v) is 4.02. The lowest BCUT2D eigenvalue weighted by atomic mass is 10.3. The van der Waals surface area contributed by atoms with Crippen molar-refractivity contribution in [3.8, 4) is 0 Å². The topological polar surface area (TPSA) is 83.5 Å². The van der Waals surface area contributed by atoms with Crippen LogP contribution in [0.25, 0.3) is 0 Å². The van der Waals surface area contributed by atoms with Crippen molar-refractivity contribution in [3.05, 3.63) is 69.1 Å². The Morgan fingerprint density at radius 2 is 1.81 bits per heavy atom. The second kappa shape index (κ2) is 8.17. The maximum absolute atomic E-state index is 12.2. The Morgan fingerprint density at radius 1 is 1.12 bits per heavy atom. The van der Waals surface area contributed by atoms with Gasteiger partial charge >= 0.3 is 0 Å². The van der Waals surface area contributed by atoms with E-state index in [2.05, 4.69) is 36.2 Å². The van der Waals surface area contributed by atoms with Crippen molar-refractivity contribution < 1.29 is 8.42 Å². The van der Waals surface area contributed by atoms with Gasteiger partial charge in [-0.15, -0.1) is 0 Å². The first-order valence-corrected chi connectivity index (χ1v) is 10.7. The summed E-state index contributed by atoms with van der Waals surface area (Å²) in [6, 6.07) is 15.7. The zero-order valence-corrected chi connectivity index (χ0v) is 17.0. The maximum Gasteiger partial charge on any atom is 0.276 e. The normalized spacial score (nSPS) is 11.6. The van der Waals surface area contributed by atoms with E-state index >= 15 is 0 Å². The number of halogens is 2. The summed E-state index contributed by atoms with van der Waals surface area (Å²) in [5.41, 5.74) is 0.873. The number of hydrogen-bond donors (Lipinski definition) is 2. The van der Waals surface area contributed by atoms with Gasteiger partial charge in [0, 0.05) is 10.2 Å². The van der Waals surface area contributed by atoms with Crippen LogP contribution in [0.3, 0.4) is 0 Å². The minimum absolute atomic E-state index is 0.111. The third kappa shape index (κ3) is 4.82. The summed E-state index contributed by atoms with van der Waals surface area (Å²) in [6.07, 6.45) is 1.33. The van der Waals surface area contributed by atoms with E-state index in [1.54, 1.807) is 12.1 Å². The van der Waals surface area contributed by atoms with Crippen molar-refractivity contribution >= 4 is 65.9 Å². The molecule has 3 rings (SSSR count). The predicted octanol–water partition coefficient (Wildman–Crippen LogP) is 4.62. The van der Waals surface area contributed by atoms with Gasteiger partial charge in [0.05, 0.1) is 16.0 Å². The van der Waals surface area contributed by atoms with Crippen molar-refractivity contribution in [2.24, 2.45) is 5.10 Å². The first kappa shape index (κ1) is 18.8. The Bertz CT molecular complexity index is 1020. The third-order valence-electron chi connectivity index (χ3n) is 3.11. The molecule has 0 fully saturated rings. The Labute approximate surface area is 168 Å². The molecular formula is C16H12BrClN4O2S2. The summed E-state index contributed by atoms with van der Waals surface area (Å²) in [7, 11) is -3.75. The van der Waals surface area contributed by atoms with Gasteiger partial charge < -0.3 is 5.32 Å². The van der Waals surface area contributed by atoms with E-state index in [9.17, 15) is 8.42 Å². The smallest absolute Gasteiger partial charge is 0.276 e. The van der Waals surface area contributed by atoms with Gasteiger partial charge in [-0.25, -0.2) is 9.82 Å². The molecule has 0 atom stereocenters. The molecule has 0 aliphatic rings. The van der Waals surface area contributed by atoms with E-state index in [0.29, 0.717) is 10.0 Å². The van der Waals surface area contributed by atoms with Gasteiger partial charge in [0.1, 0.15) is 0 Å². The minimum Gasteiger partial charge on any atom is -0.331 e. The van der Waals surface area contributed by atoms with Crippen LogP contribution in [0.2, 0.25) is 5.15 Å². The number of anilines is 2. The SMILES string of the molecule is O=S(=O)(N/N=C\c1sc(Nc2ccccc2)nc1Cl)c1ccc(Br)cc1. The molecule has 134 valence electrons. The number of thiazole rings is 1. The highest BCUT2D eigenvalue weighted by atomic mass is 79.9. The molecule has 0 radical (unpaired) electrons. The number of benzene rings is 2. The van der Waals surface area contributed by atoms with Gasteiger partial charge in [0.2, 0.25) is 0 Å². The van der Waals surface area contributed by atoms with Crippen LogP contribution >= 0.6 is 38.9 Å². The van der Waals surface area contributed by atoms with Gasteiger partial charge in [0.15, 0.2) is 10.3 Å². The number of hydrogen-bond acceptors (Lipinski definition) is 6. The molecule has 0 saturated heterocycles. The molecule has 0 unspecified atom stereocenters. The standard InChI is InChI=1S/C16H12BrClN4O2S2/c17-11-6-8-13(9-7-11)26(23,24)22-19-10-14-15(18)21-16(25-14)20-12-4-2-1-3-5-12/h1-10,22H,(H,20,21)/b19-10-. The number of hydrazone groups is 1. The molecular weight excluding hydrogens is 460 g/mol. The monoisotopic (exact) mass is 470 g/mol. The molecule has 3 aromatic rings. The average Bonchev–Trinajstić information content (AvgIpc) is 2.95. The summed E-state index contributed by atoms with van der Waals surface area (Å²) in [4.78, 5) is 6.99. The Kier molecular flexibility index (Phi) is 5.92. The second-order valence-electron chi connectivity index (χ2n) is 4.97. The lowest BCUT2D eigenvalue weighted by Crippen LogP contribution is -2.18. The van der Waals surface area contributed by atoms with Gasteiger partial charge in [-0.05, 0) is 36.4 Å². The van der Waals surface area contributed by atoms with Crippen molar-refractivity contribution in [3.63, 3.8) is 0 Å². The van der Waals surface area contributed by atoms with Gasteiger partial charge in [0.25, 0.3) is 10.0 Å². The third-order valence-corrected chi connectivity index (χ3v) is 6.19. The summed E-state index contributed by atoms with van der Waals surface area (Å²) in [6.45, 7) is 0. The van der Waals surface area contributed by atoms with Crippen LogP contribution in [-0.4, -0.2) is 19.6 Å². The summed E-state index contributed by atoms with van der Waals surface area (Å²) < 4.78 is 25.1. The fourth-order valence-electron chi connectivity index (χ4n) is 1.91. The average molecular weight is 472 g/mol. The lowest BCUT2D eigenvalue weighted by Gasteiger charge is -2.02. The van der Waals surface area contributed by atoms with Crippen LogP contribution in [0.4, 0.5) is 10.8 Å². The zero-order valence-electron chi connectivity index (χ0n) is 13.1. The Balaban J connectivity index is 1.69. The van der Waals surface area contributed by atoms with Crippen molar-refractivity contribution in [2.45, 2.75) is 4.90 Å². The molecule has 1 aromatic heterocycles. The van der Waals surface area contributed by atoms with Crippen LogP contribution in [0.5, 0.6) is 0 Å². The quantitative estimate of drug-likeness (QED) is 0.406. The van der Waals surface area contributed by atoms with Crippen LogP contribution in [0.1, 0.15) is 4.88 Å². The highest BCUT2D eigenvalue weighted by Crippen LogP contribution is 2.27. The zero-order chi connectivity index (χ0) is 18.6. The van der Waals surface area contributed by atoms with E-state index in [-0.39, 0.29) is 10.0 Å². The first-order chi connectivity index (χ1) is 12.4. The predicted molar refractivity (Wildman–Crippen MR) is 109 cm³/mol. The van der Waals surface area contributed by atoms with E-state index in [4.69, 9.17) is 11.6 Å². The Hall–Kier alpha value is -1.94. The largest absolute Gasteiger partial charge is 0.331 e. The van der Waals surface area contributed by atoms with Crippen molar-refractivity contribution in [1.82, 2.24) is 9.82 Å². The van der Waals surface area contributed by atoms with E-state index in [1.165, 1.54) is 29.7 Å². The number of nitrogens with zero attached hydrogens (tertiary/aromatic N) is 2. The van der Waals surface area contributed by atoms with Crippen LogP contribution in [0.15, 0.2) is 69.1 Å². The molecule has 0 aliphatic heterocycles. The van der Waals surface area contributed by atoms with E-state index in [0.717, 1.165) is 10.2 Å².